The topological polar surface area (TPSA) is 46.5 Å². The number of carboxylic acid groups (broad SMARTS) is 1. The number of aliphatic carboxylic acids is 1. The van der Waals surface area contributed by atoms with Crippen molar-refractivity contribution in [1.29, 1.82) is 0 Å². The van der Waals surface area contributed by atoms with Crippen molar-refractivity contribution in [3.05, 3.63) is 34.3 Å². The number of hydrogen-bond acceptors (Lipinski definition) is 2. The molecule has 0 aliphatic carbocycles. The second kappa shape index (κ2) is 6.45. The lowest BCUT2D eigenvalue weighted by atomic mass is 10.00. The molecule has 0 amide bonds. The van der Waals surface area contributed by atoms with Gasteiger partial charge < -0.3 is 9.84 Å². The number of hydrogen-bond donors (Lipinski definition) is 1. The van der Waals surface area contributed by atoms with E-state index in [1.165, 1.54) is 6.08 Å². The molecule has 3 nitrogen and oxygen atoms in total. The Morgan fingerprint density at radius 1 is 1.53 bits per heavy atom. The fourth-order valence-corrected chi connectivity index (χ4v) is 2.00. The molecule has 0 aliphatic heterocycles. The first-order valence-electron chi connectivity index (χ1n) is 5.36. The van der Waals surface area contributed by atoms with Crippen LogP contribution in [0.3, 0.4) is 0 Å². The molecule has 0 aromatic heterocycles. The van der Waals surface area contributed by atoms with Crippen LogP contribution in [0.1, 0.15) is 25.3 Å². The molecule has 0 radical (unpaired) electrons. The predicted molar refractivity (Wildman–Crippen MR) is 71.2 cm³/mol. The summed E-state index contributed by atoms with van der Waals surface area (Å²) in [5.41, 5.74) is 1.60. The quantitative estimate of drug-likeness (QED) is 0.843. The lowest BCUT2D eigenvalue weighted by molar-refractivity contribution is -0.131. The lowest BCUT2D eigenvalue weighted by Crippen LogP contribution is -1.96. The molecule has 0 aliphatic rings. The summed E-state index contributed by atoms with van der Waals surface area (Å²) >= 11 is 3.38. The minimum absolute atomic E-state index is 0.689. The van der Waals surface area contributed by atoms with Crippen molar-refractivity contribution >= 4 is 27.5 Å². The van der Waals surface area contributed by atoms with Crippen LogP contribution in [0.5, 0.6) is 5.75 Å². The van der Waals surface area contributed by atoms with Gasteiger partial charge in [0, 0.05) is 16.1 Å². The predicted octanol–water partition coefficient (Wildman–Crippen LogP) is 3.73. The minimum Gasteiger partial charge on any atom is -0.496 e. The average molecular weight is 299 g/mol. The molecular weight excluding hydrogens is 284 g/mol. The van der Waals surface area contributed by atoms with E-state index >= 15 is 0 Å². The van der Waals surface area contributed by atoms with E-state index in [4.69, 9.17) is 9.84 Å². The summed E-state index contributed by atoms with van der Waals surface area (Å²) in [6.07, 6.45) is 2.84. The number of carboxylic acids is 1. The van der Waals surface area contributed by atoms with Crippen molar-refractivity contribution in [2.75, 3.05) is 7.11 Å². The fourth-order valence-electron chi connectivity index (χ4n) is 1.63. The van der Waals surface area contributed by atoms with Gasteiger partial charge in [-0.1, -0.05) is 29.3 Å². The Hall–Kier alpha value is -1.29. The van der Waals surface area contributed by atoms with Gasteiger partial charge in [-0.05, 0) is 30.2 Å². The van der Waals surface area contributed by atoms with E-state index in [2.05, 4.69) is 15.9 Å². The molecule has 4 heteroatoms. The van der Waals surface area contributed by atoms with Crippen LogP contribution in [0.15, 0.2) is 28.7 Å². The van der Waals surface area contributed by atoms with E-state index in [9.17, 15) is 4.79 Å². The third-order valence-electron chi connectivity index (χ3n) is 2.32. The first-order chi connectivity index (χ1) is 8.08. The van der Waals surface area contributed by atoms with Crippen LogP contribution in [-0.4, -0.2) is 18.2 Å². The number of carbonyl (C=O) groups is 1. The summed E-state index contributed by atoms with van der Waals surface area (Å²) < 4.78 is 6.16. The monoisotopic (exact) mass is 298 g/mol. The third-order valence-corrected chi connectivity index (χ3v) is 2.82. The van der Waals surface area contributed by atoms with Gasteiger partial charge in [-0.2, -0.15) is 0 Å². The molecule has 0 saturated carbocycles. The normalized spacial score (nSPS) is 11.4. The van der Waals surface area contributed by atoms with Crippen LogP contribution in [0.4, 0.5) is 0 Å². The van der Waals surface area contributed by atoms with Crippen LogP contribution >= 0.6 is 15.9 Å². The molecule has 0 fully saturated rings. The Morgan fingerprint density at radius 3 is 2.76 bits per heavy atom. The highest BCUT2D eigenvalue weighted by Crippen LogP contribution is 2.31. The fraction of sp³-hybridized carbons (Fsp3) is 0.308. The molecule has 1 rings (SSSR count). The molecule has 1 aromatic carbocycles. The van der Waals surface area contributed by atoms with Crippen LogP contribution in [-0.2, 0) is 4.79 Å². The van der Waals surface area contributed by atoms with Gasteiger partial charge in [0.1, 0.15) is 5.75 Å². The standard InChI is InChI=1S/C13H15BrO3/c1-3-4-9(7-13(15)16)11-8-10(14)5-6-12(11)17-2/h5-8H,3-4H2,1-2H3,(H,15,16). The summed E-state index contributed by atoms with van der Waals surface area (Å²) in [6.45, 7) is 2.01. The van der Waals surface area contributed by atoms with Crippen molar-refractivity contribution in [2.24, 2.45) is 0 Å². The van der Waals surface area contributed by atoms with Crippen LogP contribution in [0, 0.1) is 0 Å². The van der Waals surface area contributed by atoms with Gasteiger partial charge in [-0.3, -0.25) is 0 Å². The zero-order valence-corrected chi connectivity index (χ0v) is 11.5. The Kier molecular flexibility index (Phi) is 5.22. The molecule has 1 aromatic rings. The molecule has 0 saturated heterocycles. The van der Waals surface area contributed by atoms with Gasteiger partial charge in [-0.25, -0.2) is 4.79 Å². The molecule has 0 unspecified atom stereocenters. The summed E-state index contributed by atoms with van der Waals surface area (Å²) in [4.78, 5) is 10.8. The zero-order valence-electron chi connectivity index (χ0n) is 9.87. The third kappa shape index (κ3) is 3.89. The van der Waals surface area contributed by atoms with E-state index in [0.717, 1.165) is 22.0 Å². The van der Waals surface area contributed by atoms with E-state index in [0.29, 0.717) is 12.2 Å². The van der Waals surface area contributed by atoms with Crippen molar-refractivity contribution in [3.63, 3.8) is 0 Å². The van der Waals surface area contributed by atoms with E-state index in [1.54, 1.807) is 7.11 Å². The highest BCUT2D eigenvalue weighted by atomic mass is 79.9. The maximum absolute atomic E-state index is 10.8. The lowest BCUT2D eigenvalue weighted by Gasteiger charge is -2.11. The maximum Gasteiger partial charge on any atom is 0.328 e. The molecule has 17 heavy (non-hydrogen) atoms. The molecule has 0 atom stereocenters. The van der Waals surface area contributed by atoms with Gasteiger partial charge >= 0.3 is 5.97 Å². The smallest absolute Gasteiger partial charge is 0.328 e. The van der Waals surface area contributed by atoms with Crippen molar-refractivity contribution < 1.29 is 14.6 Å². The summed E-state index contributed by atoms with van der Waals surface area (Å²) in [5.74, 6) is -0.246. The SMILES string of the molecule is CCCC(=CC(=O)O)c1cc(Br)ccc1OC. The first-order valence-corrected chi connectivity index (χ1v) is 6.15. The van der Waals surface area contributed by atoms with Crippen molar-refractivity contribution in [1.82, 2.24) is 0 Å². The van der Waals surface area contributed by atoms with Crippen molar-refractivity contribution in [2.45, 2.75) is 19.8 Å². The van der Waals surface area contributed by atoms with Crippen LogP contribution in [0.2, 0.25) is 0 Å². The number of methoxy groups -OCH3 is 1. The molecule has 1 N–H and O–H groups in total. The number of ether oxygens (including phenoxy) is 1. The minimum atomic E-state index is -0.935. The van der Waals surface area contributed by atoms with Crippen LogP contribution < -0.4 is 4.74 Å². The molecule has 0 heterocycles. The number of halogens is 1. The average Bonchev–Trinajstić information content (AvgIpc) is 2.28. The molecule has 0 spiro atoms. The number of rotatable bonds is 5. The van der Waals surface area contributed by atoms with Gasteiger partial charge in [0.25, 0.3) is 0 Å². The highest BCUT2D eigenvalue weighted by Gasteiger charge is 2.10. The Balaban J connectivity index is 3.25. The van der Waals surface area contributed by atoms with Gasteiger partial charge in [0.2, 0.25) is 0 Å². The Labute approximate surface area is 109 Å². The van der Waals surface area contributed by atoms with E-state index in [1.807, 2.05) is 25.1 Å². The number of benzene rings is 1. The Bertz CT molecular complexity index is 438. The largest absolute Gasteiger partial charge is 0.496 e. The van der Waals surface area contributed by atoms with E-state index in [-0.39, 0.29) is 0 Å². The van der Waals surface area contributed by atoms with Gasteiger partial charge in [-0.15, -0.1) is 0 Å². The highest BCUT2D eigenvalue weighted by molar-refractivity contribution is 9.10. The second-order valence-corrected chi connectivity index (χ2v) is 4.52. The van der Waals surface area contributed by atoms with Crippen molar-refractivity contribution in [3.8, 4) is 5.75 Å². The summed E-state index contributed by atoms with van der Waals surface area (Å²) in [6, 6.07) is 5.57. The summed E-state index contributed by atoms with van der Waals surface area (Å²) in [7, 11) is 1.58. The zero-order chi connectivity index (χ0) is 12.8. The van der Waals surface area contributed by atoms with Gasteiger partial charge in [0.05, 0.1) is 7.11 Å². The molecule has 92 valence electrons. The Morgan fingerprint density at radius 2 is 2.24 bits per heavy atom. The second-order valence-electron chi connectivity index (χ2n) is 3.60. The number of allylic oxidation sites excluding steroid dienone is 1. The first kappa shape index (κ1) is 13.8. The molecule has 0 bridgehead atoms. The van der Waals surface area contributed by atoms with E-state index < -0.39 is 5.97 Å². The summed E-state index contributed by atoms with van der Waals surface area (Å²) in [5, 5.41) is 8.88. The maximum atomic E-state index is 10.8. The molecular formula is C13H15BrO3. The van der Waals surface area contributed by atoms with Gasteiger partial charge in [0.15, 0.2) is 0 Å². The van der Waals surface area contributed by atoms with Crippen LogP contribution in [0.25, 0.3) is 5.57 Å².